The summed E-state index contributed by atoms with van der Waals surface area (Å²) < 4.78 is 23.2. The molecule has 0 unspecified atom stereocenters. The number of nitrogens with two attached hydrogens (primary N) is 1. The van der Waals surface area contributed by atoms with Crippen LogP contribution in [0.1, 0.15) is 23.5 Å². The van der Waals surface area contributed by atoms with Crippen LogP contribution in [-0.2, 0) is 9.84 Å². The van der Waals surface area contributed by atoms with E-state index in [9.17, 15) is 13.2 Å². The molecule has 0 aliphatic rings. The molecule has 1 heterocycles. The van der Waals surface area contributed by atoms with Crippen molar-refractivity contribution in [1.29, 1.82) is 0 Å². The Hall–Kier alpha value is -1.60. The highest BCUT2D eigenvalue weighted by molar-refractivity contribution is 7.92. The monoisotopic (exact) mass is 326 g/mol. The normalized spacial score (nSPS) is 12.5. The number of amides is 1. The average Bonchev–Trinajstić information content (AvgIpc) is 2.73. The molecule has 0 spiro atoms. The highest BCUT2D eigenvalue weighted by atomic mass is 32.2. The molecule has 0 fully saturated rings. The van der Waals surface area contributed by atoms with E-state index in [1.54, 1.807) is 13.8 Å². The van der Waals surface area contributed by atoms with Crippen LogP contribution >= 0.6 is 11.3 Å². The number of fused-ring (bicyclic) bond motifs is 1. The van der Waals surface area contributed by atoms with E-state index < -0.39 is 14.6 Å². The van der Waals surface area contributed by atoms with Crippen molar-refractivity contribution in [3.05, 3.63) is 29.1 Å². The Morgan fingerprint density at radius 2 is 1.95 bits per heavy atom. The standard InChI is InChI=1S/C14H18N2O3S2/c1-14(2,21(3,18)19)8-16-13(17)12-11(15)9-6-4-5-7-10(9)20-12/h4-7H,8,15H2,1-3H3,(H,16,17). The maximum Gasteiger partial charge on any atom is 0.263 e. The second-order valence-electron chi connectivity index (χ2n) is 5.56. The minimum absolute atomic E-state index is 0.0400. The third-order valence-electron chi connectivity index (χ3n) is 3.52. The number of nitrogens with one attached hydrogen (secondary N) is 1. The van der Waals surface area contributed by atoms with Crippen molar-refractivity contribution in [2.24, 2.45) is 0 Å². The summed E-state index contributed by atoms with van der Waals surface area (Å²) in [5.74, 6) is -0.342. The van der Waals surface area contributed by atoms with E-state index in [2.05, 4.69) is 5.32 Å². The Kier molecular flexibility index (Phi) is 3.99. The van der Waals surface area contributed by atoms with Gasteiger partial charge in [0, 0.05) is 22.9 Å². The number of rotatable bonds is 4. The molecule has 1 aromatic heterocycles. The summed E-state index contributed by atoms with van der Waals surface area (Å²) in [6.45, 7) is 3.20. The molecule has 21 heavy (non-hydrogen) atoms. The molecule has 2 rings (SSSR count). The summed E-state index contributed by atoms with van der Waals surface area (Å²) in [7, 11) is -3.26. The largest absolute Gasteiger partial charge is 0.397 e. The number of benzene rings is 1. The van der Waals surface area contributed by atoms with Crippen LogP contribution in [-0.4, -0.2) is 31.9 Å². The molecule has 5 nitrogen and oxygen atoms in total. The van der Waals surface area contributed by atoms with Crippen molar-refractivity contribution in [2.75, 3.05) is 18.5 Å². The molecule has 0 atom stereocenters. The summed E-state index contributed by atoms with van der Waals surface area (Å²) in [4.78, 5) is 12.7. The van der Waals surface area contributed by atoms with E-state index in [0.29, 0.717) is 10.6 Å². The van der Waals surface area contributed by atoms with Gasteiger partial charge < -0.3 is 11.1 Å². The number of carbonyl (C=O) groups is 1. The van der Waals surface area contributed by atoms with Gasteiger partial charge in [-0.15, -0.1) is 11.3 Å². The molecule has 3 N–H and O–H groups in total. The lowest BCUT2D eigenvalue weighted by molar-refractivity contribution is 0.0955. The minimum atomic E-state index is -3.26. The number of nitrogen functional groups attached to an aromatic ring is 1. The van der Waals surface area contributed by atoms with E-state index in [1.165, 1.54) is 11.3 Å². The Balaban J connectivity index is 2.22. The van der Waals surface area contributed by atoms with E-state index in [1.807, 2.05) is 24.3 Å². The lowest BCUT2D eigenvalue weighted by atomic mass is 10.2. The van der Waals surface area contributed by atoms with Crippen molar-refractivity contribution >= 4 is 42.9 Å². The Labute approximate surface area is 128 Å². The van der Waals surface area contributed by atoms with Crippen molar-refractivity contribution in [3.8, 4) is 0 Å². The van der Waals surface area contributed by atoms with Crippen LogP contribution in [0.3, 0.4) is 0 Å². The summed E-state index contributed by atoms with van der Waals surface area (Å²) in [5.41, 5.74) is 6.43. The van der Waals surface area contributed by atoms with Gasteiger partial charge in [0.15, 0.2) is 9.84 Å². The van der Waals surface area contributed by atoms with Crippen LogP contribution in [0.2, 0.25) is 0 Å². The zero-order chi connectivity index (χ0) is 15.8. The van der Waals surface area contributed by atoms with E-state index in [4.69, 9.17) is 5.73 Å². The summed E-state index contributed by atoms with van der Waals surface area (Å²) in [6.07, 6.45) is 1.16. The van der Waals surface area contributed by atoms with Crippen molar-refractivity contribution in [2.45, 2.75) is 18.6 Å². The van der Waals surface area contributed by atoms with Gasteiger partial charge in [0.25, 0.3) is 5.91 Å². The van der Waals surface area contributed by atoms with Crippen LogP contribution in [0.15, 0.2) is 24.3 Å². The van der Waals surface area contributed by atoms with Gasteiger partial charge in [-0.2, -0.15) is 0 Å². The highest BCUT2D eigenvalue weighted by Crippen LogP contribution is 2.33. The SMILES string of the molecule is CC(C)(CNC(=O)c1sc2ccccc2c1N)S(C)(=O)=O. The smallest absolute Gasteiger partial charge is 0.263 e. The Morgan fingerprint density at radius 3 is 2.52 bits per heavy atom. The predicted octanol–water partition coefficient (Wildman–Crippen LogP) is 2.04. The van der Waals surface area contributed by atoms with E-state index in [0.717, 1.165) is 16.3 Å². The van der Waals surface area contributed by atoms with E-state index >= 15 is 0 Å². The second kappa shape index (κ2) is 5.31. The van der Waals surface area contributed by atoms with Gasteiger partial charge in [-0.3, -0.25) is 4.79 Å². The van der Waals surface area contributed by atoms with Crippen LogP contribution in [0.5, 0.6) is 0 Å². The Bertz CT molecular complexity index is 792. The summed E-state index contributed by atoms with van der Waals surface area (Å²) in [6, 6.07) is 7.50. The van der Waals surface area contributed by atoms with Crippen molar-refractivity contribution in [3.63, 3.8) is 0 Å². The number of anilines is 1. The van der Waals surface area contributed by atoms with Gasteiger partial charge in [0.2, 0.25) is 0 Å². The van der Waals surface area contributed by atoms with Crippen molar-refractivity contribution < 1.29 is 13.2 Å². The third-order valence-corrected chi connectivity index (χ3v) is 6.86. The first kappa shape index (κ1) is 15.8. The van der Waals surface area contributed by atoms with Crippen LogP contribution in [0.4, 0.5) is 5.69 Å². The third kappa shape index (κ3) is 3.03. The average molecular weight is 326 g/mol. The lowest BCUT2D eigenvalue weighted by Gasteiger charge is -2.22. The highest BCUT2D eigenvalue weighted by Gasteiger charge is 2.31. The van der Waals surface area contributed by atoms with Gasteiger partial charge in [0.05, 0.1) is 10.4 Å². The number of sulfone groups is 1. The van der Waals surface area contributed by atoms with Gasteiger partial charge in [0.1, 0.15) is 4.88 Å². The molecule has 0 aliphatic carbocycles. The lowest BCUT2D eigenvalue weighted by Crippen LogP contribution is -2.43. The van der Waals surface area contributed by atoms with Crippen molar-refractivity contribution in [1.82, 2.24) is 5.32 Å². The molecule has 1 aromatic carbocycles. The fourth-order valence-electron chi connectivity index (χ4n) is 1.74. The quantitative estimate of drug-likeness (QED) is 0.900. The zero-order valence-electron chi connectivity index (χ0n) is 12.1. The molecule has 1 amide bonds. The van der Waals surface area contributed by atoms with Crippen LogP contribution in [0, 0.1) is 0 Å². The first-order valence-electron chi connectivity index (χ1n) is 6.38. The topological polar surface area (TPSA) is 89.3 Å². The molecule has 0 radical (unpaired) electrons. The molecular weight excluding hydrogens is 308 g/mol. The molecule has 0 saturated carbocycles. The fraction of sp³-hybridized carbons (Fsp3) is 0.357. The molecular formula is C14H18N2O3S2. The molecule has 2 aromatic rings. The van der Waals surface area contributed by atoms with Crippen LogP contribution in [0.25, 0.3) is 10.1 Å². The predicted molar refractivity (Wildman–Crippen MR) is 87.5 cm³/mol. The first-order chi connectivity index (χ1) is 9.63. The molecule has 0 aliphatic heterocycles. The molecule has 7 heteroatoms. The first-order valence-corrected chi connectivity index (χ1v) is 9.09. The number of thiophene rings is 1. The maximum absolute atomic E-state index is 12.2. The van der Waals surface area contributed by atoms with Gasteiger partial charge in [-0.25, -0.2) is 8.42 Å². The Morgan fingerprint density at radius 1 is 1.33 bits per heavy atom. The zero-order valence-corrected chi connectivity index (χ0v) is 13.8. The van der Waals surface area contributed by atoms with Gasteiger partial charge in [-0.05, 0) is 19.9 Å². The summed E-state index contributed by atoms with van der Waals surface area (Å²) in [5, 5.41) is 3.50. The number of hydrogen-bond acceptors (Lipinski definition) is 5. The minimum Gasteiger partial charge on any atom is -0.397 e. The second-order valence-corrected chi connectivity index (χ2v) is 9.26. The fourth-order valence-corrected chi connectivity index (χ4v) is 3.11. The number of hydrogen-bond donors (Lipinski definition) is 2. The summed E-state index contributed by atoms with van der Waals surface area (Å²) >= 11 is 1.30. The maximum atomic E-state index is 12.2. The van der Waals surface area contributed by atoms with E-state index in [-0.39, 0.29) is 12.5 Å². The molecule has 0 bridgehead atoms. The molecule has 114 valence electrons. The number of carbonyl (C=O) groups excluding carboxylic acids is 1. The molecule has 0 saturated heterocycles. The van der Waals surface area contributed by atoms with Gasteiger partial charge >= 0.3 is 0 Å². The van der Waals surface area contributed by atoms with Crippen LogP contribution < -0.4 is 11.1 Å². The van der Waals surface area contributed by atoms with Gasteiger partial charge in [-0.1, -0.05) is 18.2 Å².